The molecule has 0 saturated heterocycles. The van der Waals surface area contributed by atoms with E-state index < -0.39 is 9.84 Å². The number of aliphatic imine (C=N–C) groups is 1. The summed E-state index contributed by atoms with van der Waals surface area (Å²) >= 11 is 0. The molecular formula is C19H30FN3O2S. The Morgan fingerprint density at radius 2 is 2.04 bits per heavy atom. The SMILES string of the molecule is CN=C(NCc1cc(F)ccc1CS(C)(=O)=O)NCC1CCCC(C)C1. The van der Waals surface area contributed by atoms with Gasteiger partial charge in [0.1, 0.15) is 5.82 Å². The zero-order valence-corrected chi connectivity index (χ0v) is 16.7. The average molecular weight is 384 g/mol. The third kappa shape index (κ3) is 6.94. The van der Waals surface area contributed by atoms with Gasteiger partial charge in [-0.25, -0.2) is 12.8 Å². The van der Waals surface area contributed by atoms with Crippen LogP contribution in [-0.2, 0) is 22.1 Å². The van der Waals surface area contributed by atoms with Crippen LogP contribution in [0.5, 0.6) is 0 Å². The summed E-state index contributed by atoms with van der Waals surface area (Å²) in [6.45, 7) is 3.49. The summed E-state index contributed by atoms with van der Waals surface area (Å²) in [6, 6.07) is 4.21. The van der Waals surface area contributed by atoms with Crippen molar-refractivity contribution in [2.45, 2.75) is 44.9 Å². The molecule has 0 heterocycles. The van der Waals surface area contributed by atoms with E-state index in [4.69, 9.17) is 0 Å². The van der Waals surface area contributed by atoms with Crippen molar-refractivity contribution in [1.82, 2.24) is 10.6 Å². The maximum atomic E-state index is 13.6. The van der Waals surface area contributed by atoms with Crippen molar-refractivity contribution in [3.8, 4) is 0 Å². The molecule has 2 rings (SSSR count). The summed E-state index contributed by atoms with van der Waals surface area (Å²) in [5.41, 5.74) is 1.24. The topological polar surface area (TPSA) is 70.6 Å². The van der Waals surface area contributed by atoms with Crippen LogP contribution in [0, 0.1) is 17.7 Å². The van der Waals surface area contributed by atoms with Crippen molar-refractivity contribution in [2.24, 2.45) is 16.8 Å². The minimum atomic E-state index is -3.18. The van der Waals surface area contributed by atoms with Gasteiger partial charge < -0.3 is 10.6 Å². The van der Waals surface area contributed by atoms with Crippen LogP contribution in [0.15, 0.2) is 23.2 Å². The second-order valence-corrected chi connectivity index (χ2v) is 9.57. The van der Waals surface area contributed by atoms with Crippen molar-refractivity contribution in [1.29, 1.82) is 0 Å². The first kappa shape index (κ1) is 20.7. The summed E-state index contributed by atoms with van der Waals surface area (Å²) in [6.07, 6.45) is 6.23. The fraction of sp³-hybridized carbons (Fsp3) is 0.632. The lowest BCUT2D eigenvalue weighted by Crippen LogP contribution is -2.40. The van der Waals surface area contributed by atoms with Crippen molar-refractivity contribution in [2.75, 3.05) is 19.8 Å². The van der Waals surface area contributed by atoms with Crippen LogP contribution in [0.2, 0.25) is 0 Å². The highest BCUT2D eigenvalue weighted by Gasteiger charge is 2.19. The van der Waals surface area contributed by atoms with E-state index in [-0.39, 0.29) is 11.6 Å². The highest BCUT2D eigenvalue weighted by molar-refractivity contribution is 7.89. The van der Waals surface area contributed by atoms with Gasteiger partial charge in [0.25, 0.3) is 0 Å². The standard InChI is InChI=1S/C19H30FN3O2S/c1-14-5-4-6-15(9-14)11-22-19(21-2)23-12-17-10-18(20)8-7-16(17)13-26(3,24)25/h7-8,10,14-15H,4-6,9,11-13H2,1-3H3,(H2,21,22,23). The molecule has 2 unspecified atom stereocenters. The Morgan fingerprint density at radius 3 is 2.69 bits per heavy atom. The van der Waals surface area contributed by atoms with E-state index in [1.54, 1.807) is 7.05 Å². The number of rotatable bonds is 6. The Kier molecular flexibility index (Phi) is 7.43. The van der Waals surface area contributed by atoms with Gasteiger partial charge in [-0.1, -0.05) is 25.8 Å². The van der Waals surface area contributed by atoms with Crippen LogP contribution in [0.25, 0.3) is 0 Å². The molecule has 1 aromatic carbocycles. The number of guanidine groups is 1. The summed E-state index contributed by atoms with van der Waals surface area (Å²) < 4.78 is 36.8. The van der Waals surface area contributed by atoms with Crippen LogP contribution in [0.1, 0.15) is 43.7 Å². The Balaban J connectivity index is 1.94. The van der Waals surface area contributed by atoms with Gasteiger partial charge in [0.15, 0.2) is 15.8 Å². The summed E-state index contributed by atoms with van der Waals surface area (Å²) in [7, 11) is -1.49. The number of hydrogen-bond donors (Lipinski definition) is 2. The number of nitrogens with one attached hydrogen (secondary N) is 2. The van der Waals surface area contributed by atoms with E-state index in [2.05, 4.69) is 22.5 Å². The molecule has 0 aromatic heterocycles. The van der Waals surface area contributed by atoms with Gasteiger partial charge in [0.05, 0.1) is 5.75 Å². The Morgan fingerprint density at radius 1 is 1.27 bits per heavy atom. The molecule has 26 heavy (non-hydrogen) atoms. The summed E-state index contributed by atoms with van der Waals surface area (Å²) in [4.78, 5) is 4.22. The van der Waals surface area contributed by atoms with Gasteiger partial charge in [0.2, 0.25) is 0 Å². The second-order valence-electron chi connectivity index (χ2n) is 7.43. The zero-order chi connectivity index (χ0) is 19.2. The van der Waals surface area contributed by atoms with Gasteiger partial charge in [-0.05, 0) is 47.9 Å². The lowest BCUT2D eigenvalue weighted by molar-refractivity contribution is 0.282. The molecular weight excluding hydrogens is 353 g/mol. The first-order chi connectivity index (χ1) is 12.3. The molecule has 146 valence electrons. The molecule has 1 aliphatic rings. The third-order valence-electron chi connectivity index (χ3n) is 4.86. The van der Waals surface area contributed by atoms with Gasteiger partial charge in [0, 0.05) is 26.4 Å². The number of hydrogen-bond acceptors (Lipinski definition) is 3. The van der Waals surface area contributed by atoms with E-state index in [0.717, 1.165) is 12.5 Å². The summed E-state index contributed by atoms with van der Waals surface area (Å²) in [5, 5.41) is 6.51. The Bertz CT molecular complexity index is 734. The molecule has 0 aliphatic heterocycles. The van der Waals surface area contributed by atoms with Crippen LogP contribution in [0.3, 0.4) is 0 Å². The maximum absolute atomic E-state index is 13.6. The number of sulfone groups is 1. The molecule has 7 heteroatoms. The van der Waals surface area contributed by atoms with Crippen LogP contribution in [-0.4, -0.2) is 34.2 Å². The van der Waals surface area contributed by atoms with Crippen LogP contribution < -0.4 is 10.6 Å². The van der Waals surface area contributed by atoms with E-state index in [0.29, 0.717) is 29.5 Å². The van der Waals surface area contributed by atoms with Gasteiger partial charge in [-0.15, -0.1) is 0 Å². The molecule has 0 spiro atoms. The summed E-state index contributed by atoms with van der Waals surface area (Å²) in [5.74, 6) is 1.59. The quantitative estimate of drug-likeness (QED) is 0.585. The highest BCUT2D eigenvalue weighted by Crippen LogP contribution is 2.27. The van der Waals surface area contributed by atoms with Crippen molar-refractivity contribution in [3.63, 3.8) is 0 Å². The maximum Gasteiger partial charge on any atom is 0.191 e. The smallest absolute Gasteiger partial charge is 0.191 e. The number of halogens is 1. The predicted molar refractivity (Wildman–Crippen MR) is 104 cm³/mol. The average Bonchev–Trinajstić information content (AvgIpc) is 2.56. The molecule has 1 aliphatic carbocycles. The van der Waals surface area contributed by atoms with Crippen molar-refractivity contribution in [3.05, 3.63) is 35.1 Å². The van der Waals surface area contributed by atoms with Crippen LogP contribution >= 0.6 is 0 Å². The third-order valence-corrected chi connectivity index (χ3v) is 5.69. The highest BCUT2D eigenvalue weighted by atomic mass is 32.2. The Hall–Kier alpha value is -1.63. The van der Waals surface area contributed by atoms with Crippen molar-refractivity contribution >= 4 is 15.8 Å². The fourth-order valence-electron chi connectivity index (χ4n) is 3.57. The lowest BCUT2D eigenvalue weighted by atomic mass is 9.82. The first-order valence-corrected chi connectivity index (χ1v) is 11.2. The minimum absolute atomic E-state index is 0.101. The van der Waals surface area contributed by atoms with E-state index in [1.165, 1.54) is 50.1 Å². The predicted octanol–water partition coefficient (Wildman–Crippen LogP) is 2.86. The first-order valence-electron chi connectivity index (χ1n) is 9.16. The fourth-order valence-corrected chi connectivity index (χ4v) is 4.41. The van der Waals surface area contributed by atoms with Gasteiger partial charge in [-0.2, -0.15) is 0 Å². The van der Waals surface area contributed by atoms with E-state index in [9.17, 15) is 12.8 Å². The van der Waals surface area contributed by atoms with Crippen LogP contribution in [0.4, 0.5) is 4.39 Å². The second kappa shape index (κ2) is 9.35. The monoisotopic (exact) mass is 383 g/mol. The van der Waals surface area contributed by atoms with Gasteiger partial charge in [-0.3, -0.25) is 4.99 Å². The minimum Gasteiger partial charge on any atom is -0.356 e. The molecule has 0 bridgehead atoms. The molecule has 0 amide bonds. The molecule has 2 N–H and O–H groups in total. The molecule has 1 aromatic rings. The lowest BCUT2D eigenvalue weighted by Gasteiger charge is -2.27. The molecule has 1 fully saturated rings. The van der Waals surface area contributed by atoms with Crippen molar-refractivity contribution < 1.29 is 12.8 Å². The van der Waals surface area contributed by atoms with E-state index in [1.807, 2.05) is 0 Å². The van der Waals surface area contributed by atoms with Gasteiger partial charge >= 0.3 is 0 Å². The molecule has 0 radical (unpaired) electrons. The Labute approximate surface area is 156 Å². The molecule has 5 nitrogen and oxygen atoms in total. The zero-order valence-electron chi connectivity index (χ0n) is 15.9. The van der Waals surface area contributed by atoms with E-state index >= 15 is 0 Å². The molecule has 1 saturated carbocycles. The number of nitrogens with zero attached hydrogens (tertiary/aromatic N) is 1. The normalized spacial score (nSPS) is 21.5. The largest absolute Gasteiger partial charge is 0.356 e. The molecule has 2 atom stereocenters. The number of benzene rings is 1.